The lowest BCUT2D eigenvalue weighted by molar-refractivity contribution is -0.136. The Balaban J connectivity index is 1.42. The van der Waals surface area contributed by atoms with Crippen molar-refractivity contribution in [1.82, 2.24) is 41.0 Å². The van der Waals surface area contributed by atoms with Gasteiger partial charge in [-0.1, -0.05) is 44.2 Å². The molecule has 0 unspecified atom stereocenters. The van der Waals surface area contributed by atoms with E-state index in [1.807, 2.05) is 44.2 Å². The molecule has 5 rings (SSSR count). The number of amides is 7. The molecule has 0 radical (unpaired) electrons. The Kier molecular flexibility index (Phi) is 10.8. The number of hydrogen-bond acceptors (Lipinski definition) is 10. The van der Waals surface area contributed by atoms with Gasteiger partial charge >= 0.3 is 6.03 Å². The molecule has 16 heteroatoms. The Hall–Kier alpha value is -5.12. The molecule has 15 nitrogen and oxygen atoms in total. The van der Waals surface area contributed by atoms with Crippen LogP contribution in [0.5, 0.6) is 0 Å². The molecule has 0 saturated carbocycles. The smallest absolute Gasteiger partial charge is 0.325 e. The maximum absolute atomic E-state index is 13.5. The van der Waals surface area contributed by atoms with Crippen LogP contribution in [0.25, 0.3) is 0 Å². The van der Waals surface area contributed by atoms with Gasteiger partial charge in [0.1, 0.15) is 29.0 Å². The Morgan fingerprint density at radius 1 is 1.02 bits per heavy atom. The summed E-state index contributed by atoms with van der Waals surface area (Å²) < 4.78 is 5.96. The summed E-state index contributed by atoms with van der Waals surface area (Å²) in [5, 5.41) is 13.2. The van der Waals surface area contributed by atoms with Gasteiger partial charge in [0.25, 0.3) is 17.7 Å². The molecule has 4 N–H and O–H groups in total. The first-order valence-corrected chi connectivity index (χ1v) is 16.6. The normalized spacial score (nSPS) is 19.9. The average molecular weight is 679 g/mol. The van der Waals surface area contributed by atoms with Crippen molar-refractivity contribution >= 4 is 46.9 Å². The quantitative estimate of drug-likeness (QED) is 0.291. The van der Waals surface area contributed by atoms with Crippen LogP contribution in [0, 0.1) is 12.8 Å². The highest BCUT2D eigenvalue weighted by molar-refractivity contribution is 7.09. The van der Waals surface area contributed by atoms with Crippen LogP contribution in [0.15, 0.2) is 40.1 Å². The Morgan fingerprint density at radius 3 is 2.50 bits per heavy atom. The summed E-state index contributed by atoms with van der Waals surface area (Å²) in [5.74, 6) is -1.93. The molecular formula is C32H38N8O7S. The van der Waals surface area contributed by atoms with E-state index in [9.17, 15) is 28.8 Å². The fraction of sp³-hybridized carbons (Fsp3) is 0.438. The predicted molar refractivity (Wildman–Crippen MR) is 173 cm³/mol. The number of thiazole rings is 1. The first kappa shape index (κ1) is 34.2. The van der Waals surface area contributed by atoms with Crippen LogP contribution in [-0.4, -0.2) is 88.1 Å². The summed E-state index contributed by atoms with van der Waals surface area (Å²) in [5.41, 5.74) is 1.14. The van der Waals surface area contributed by atoms with Crippen molar-refractivity contribution in [2.24, 2.45) is 5.92 Å². The molecule has 1 saturated heterocycles. The number of carbonyl (C=O) groups is 6. The van der Waals surface area contributed by atoms with Gasteiger partial charge in [0.15, 0.2) is 5.69 Å². The van der Waals surface area contributed by atoms with Crippen molar-refractivity contribution in [3.05, 3.63) is 69.3 Å². The van der Waals surface area contributed by atoms with Gasteiger partial charge in [-0.25, -0.2) is 14.8 Å². The van der Waals surface area contributed by atoms with E-state index in [1.165, 1.54) is 16.2 Å². The summed E-state index contributed by atoms with van der Waals surface area (Å²) in [4.78, 5) is 88.5. The lowest BCUT2D eigenvalue weighted by Crippen LogP contribution is -2.46. The van der Waals surface area contributed by atoms with Crippen molar-refractivity contribution in [1.29, 1.82) is 0 Å². The molecule has 2 aliphatic heterocycles. The molecule has 2 aromatic heterocycles. The third kappa shape index (κ3) is 8.23. The van der Waals surface area contributed by atoms with Crippen LogP contribution in [0.4, 0.5) is 4.79 Å². The van der Waals surface area contributed by atoms with Crippen LogP contribution in [0.3, 0.4) is 0 Å². The summed E-state index contributed by atoms with van der Waals surface area (Å²) >= 11 is 1.23. The van der Waals surface area contributed by atoms with Gasteiger partial charge in [0.2, 0.25) is 17.7 Å². The standard InChI is InChI=1S/C32H38N8O7S/c1-18(2)26-31-36-22(17-48-31)28(44)33-11-13-39(25(43)16-40-24(42)15-34-32(40)46)12-7-10-23(41)35-21(14-20-8-5-4-6-9-20)30-38-27(19(3)47-30)29(45)37-26/h4-6,8-9,17-18,21,26H,7,10-16H2,1-3H3,(H,33,44)(H,34,46)(H,35,41)(H,37,45)/t21-,26-/m0/s1. The topological polar surface area (TPSA) is 196 Å². The Bertz CT molecular complexity index is 1670. The summed E-state index contributed by atoms with van der Waals surface area (Å²) in [6.45, 7) is 5.05. The number of imide groups is 1. The maximum Gasteiger partial charge on any atom is 0.325 e. The van der Waals surface area contributed by atoms with Crippen LogP contribution >= 0.6 is 11.3 Å². The number of benzene rings is 1. The van der Waals surface area contributed by atoms with Crippen LogP contribution < -0.4 is 21.3 Å². The number of oxazole rings is 1. The summed E-state index contributed by atoms with van der Waals surface area (Å²) in [6.07, 6.45) is 0.615. The summed E-state index contributed by atoms with van der Waals surface area (Å²) in [6, 6.07) is 7.59. The predicted octanol–water partition coefficient (Wildman–Crippen LogP) is 1.87. The Morgan fingerprint density at radius 2 is 1.79 bits per heavy atom. The van der Waals surface area contributed by atoms with Crippen molar-refractivity contribution in [3.8, 4) is 0 Å². The molecule has 1 aromatic carbocycles. The highest BCUT2D eigenvalue weighted by atomic mass is 32.1. The zero-order valence-corrected chi connectivity index (χ0v) is 27.7. The third-order valence-corrected chi connectivity index (χ3v) is 8.93. The van der Waals surface area contributed by atoms with E-state index in [1.54, 1.807) is 12.3 Å². The number of carbonyl (C=O) groups excluding carboxylic acids is 6. The van der Waals surface area contributed by atoms with Crippen LogP contribution in [0.1, 0.15) is 82.0 Å². The van der Waals surface area contributed by atoms with E-state index in [2.05, 4.69) is 31.2 Å². The molecule has 1 fully saturated rings. The Labute approximate surface area is 280 Å². The molecule has 4 bridgehead atoms. The van der Waals surface area contributed by atoms with Gasteiger partial charge in [0.05, 0.1) is 12.6 Å². The van der Waals surface area contributed by atoms with Crippen LogP contribution in [-0.2, 0) is 20.8 Å². The number of rotatable bonds is 5. The molecule has 48 heavy (non-hydrogen) atoms. The molecule has 2 atom stereocenters. The van der Waals surface area contributed by atoms with Gasteiger partial charge < -0.3 is 30.6 Å². The first-order valence-electron chi connectivity index (χ1n) is 15.7. The van der Waals surface area contributed by atoms with Crippen LogP contribution in [0.2, 0.25) is 0 Å². The second-order valence-corrected chi connectivity index (χ2v) is 12.8. The number of aryl methyl sites for hydroxylation is 1. The zero-order valence-electron chi connectivity index (χ0n) is 26.9. The van der Waals surface area contributed by atoms with E-state index in [0.29, 0.717) is 11.4 Å². The van der Waals surface area contributed by atoms with Gasteiger partial charge in [0, 0.05) is 37.9 Å². The molecule has 254 valence electrons. The average Bonchev–Trinajstić information content (AvgIpc) is 3.78. The highest BCUT2D eigenvalue weighted by Gasteiger charge is 2.32. The SMILES string of the molecule is Cc1oc2nc1C(=O)N[C@@H](C(C)C)c1nc(cs1)C(=O)NCCN(C(=O)CN1C(=O)CNC1=O)CCCC(=O)N[C@H]2Cc1ccccc1. The monoisotopic (exact) mass is 678 g/mol. The molecule has 0 aliphatic carbocycles. The van der Waals surface area contributed by atoms with Gasteiger partial charge in [-0.2, -0.15) is 0 Å². The number of nitrogens with one attached hydrogen (secondary N) is 4. The number of urea groups is 1. The van der Waals surface area contributed by atoms with E-state index < -0.39 is 48.3 Å². The minimum Gasteiger partial charge on any atom is -0.443 e. The minimum absolute atomic E-state index is 0.0231. The molecule has 0 spiro atoms. The van der Waals surface area contributed by atoms with Crippen molar-refractivity contribution in [2.45, 2.75) is 52.1 Å². The fourth-order valence-corrected chi connectivity index (χ4v) is 6.41. The lowest BCUT2D eigenvalue weighted by Gasteiger charge is -2.25. The second-order valence-electron chi connectivity index (χ2n) is 11.9. The van der Waals surface area contributed by atoms with Crippen molar-refractivity contribution < 1.29 is 33.2 Å². The van der Waals surface area contributed by atoms with E-state index in [4.69, 9.17) is 4.42 Å². The largest absolute Gasteiger partial charge is 0.443 e. The molecular weight excluding hydrogens is 640 g/mol. The maximum atomic E-state index is 13.5. The lowest BCUT2D eigenvalue weighted by atomic mass is 10.0. The number of nitrogens with zero attached hydrogens (tertiary/aromatic N) is 4. The number of fused-ring (bicyclic) bond motifs is 4. The van der Waals surface area contributed by atoms with E-state index >= 15 is 0 Å². The molecule has 3 aromatic rings. The van der Waals surface area contributed by atoms with Gasteiger partial charge in [-0.15, -0.1) is 11.3 Å². The van der Waals surface area contributed by atoms with Crippen molar-refractivity contribution in [2.75, 3.05) is 32.7 Å². The number of hydrogen-bond donors (Lipinski definition) is 4. The fourth-order valence-electron chi connectivity index (χ4n) is 5.39. The molecule has 7 amide bonds. The van der Waals surface area contributed by atoms with Gasteiger partial charge in [-0.05, 0) is 24.8 Å². The van der Waals surface area contributed by atoms with Crippen molar-refractivity contribution in [3.63, 3.8) is 0 Å². The first-order chi connectivity index (χ1) is 23.0. The highest BCUT2D eigenvalue weighted by Crippen LogP contribution is 2.27. The second kappa shape index (κ2) is 15.2. The number of aromatic nitrogens is 2. The molecule has 4 heterocycles. The summed E-state index contributed by atoms with van der Waals surface area (Å²) in [7, 11) is 0. The van der Waals surface area contributed by atoms with E-state index in [0.717, 1.165) is 10.5 Å². The van der Waals surface area contributed by atoms with Gasteiger partial charge in [-0.3, -0.25) is 28.9 Å². The van der Waals surface area contributed by atoms with E-state index in [-0.39, 0.29) is 73.9 Å². The third-order valence-electron chi connectivity index (χ3n) is 8.00. The minimum atomic E-state index is -0.694. The zero-order chi connectivity index (χ0) is 34.4. The molecule has 2 aliphatic rings.